The third kappa shape index (κ3) is 3.04. The molecule has 2 aliphatic rings. The van der Waals surface area contributed by atoms with Gasteiger partial charge in [-0.2, -0.15) is 0 Å². The van der Waals surface area contributed by atoms with Gasteiger partial charge in [0, 0.05) is 13.1 Å². The predicted molar refractivity (Wildman–Crippen MR) is 80.0 cm³/mol. The van der Waals surface area contributed by atoms with Crippen molar-refractivity contribution in [3.63, 3.8) is 0 Å². The molecule has 0 fully saturated rings. The van der Waals surface area contributed by atoms with E-state index in [0.717, 1.165) is 31.6 Å². The van der Waals surface area contributed by atoms with Crippen LogP contribution < -0.4 is 4.74 Å². The Bertz CT molecular complexity index is 565. The molecule has 4 heteroatoms. The van der Waals surface area contributed by atoms with Crippen LogP contribution in [0.4, 0.5) is 0 Å². The molecule has 0 radical (unpaired) electrons. The third-order valence-corrected chi connectivity index (χ3v) is 3.93. The Morgan fingerprint density at radius 3 is 3.05 bits per heavy atom. The molecule has 1 amide bonds. The van der Waals surface area contributed by atoms with Crippen LogP contribution in [0.1, 0.15) is 30.9 Å². The van der Waals surface area contributed by atoms with E-state index in [4.69, 9.17) is 9.47 Å². The molecule has 0 unspecified atom stereocenters. The van der Waals surface area contributed by atoms with Gasteiger partial charge < -0.3 is 14.4 Å². The monoisotopic (exact) mass is 287 g/mol. The van der Waals surface area contributed by atoms with E-state index in [1.807, 2.05) is 30.0 Å². The maximum absolute atomic E-state index is 12.5. The second-order valence-electron chi connectivity index (χ2n) is 5.40. The quantitative estimate of drug-likeness (QED) is 0.858. The molecule has 0 aromatic heterocycles. The molecule has 2 aliphatic heterocycles. The van der Waals surface area contributed by atoms with Gasteiger partial charge in [0.2, 0.25) is 0 Å². The zero-order valence-electron chi connectivity index (χ0n) is 12.4. The highest BCUT2D eigenvalue weighted by Crippen LogP contribution is 2.25. The number of fused-ring (bicyclic) bond motifs is 1. The van der Waals surface area contributed by atoms with Crippen LogP contribution in [0.15, 0.2) is 30.0 Å². The van der Waals surface area contributed by atoms with Crippen molar-refractivity contribution < 1.29 is 14.3 Å². The molecule has 1 aromatic carbocycles. The van der Waals surface area contributed by atoms with E-state index in [0.29, 0.717) is 25.5 Å². The molecule has 1 aromatic rings. The largest absolute Gasteiger partial charge is 0.494 e. The summed E-state index contributed by atoms with van der Waals surface area (Å²) in [6.07, 6.45) is 4.73. The fourth-order valence-electron chi connectivity index (χ4n) is 2.83. The van der Waals surface area contributed by atoms with E-state index in [-0.39, 0.29) is 5.91 Å². The number of hydrogen-bond donors (Lipinski definition) is 0. The molecule has 112 valence electrons. The molecule has 3 rings (SSSR count). The van der Waals surface area contributed by atoms with Crippen molar-refractivity contribution in [2.75, 3.05) is 19.8 Å². The Hall–Kier alpha value is -1.97. The minimum atomic E-state index is 0.0159. The van der Waals surface area contributed by atoms with Gasteiger partial charge in [-0.3, -0.25) is 4.79 Å². The average Bonchev–Trinajstić information content (AvgIpc) is 2.54. The lowest BCUT2D eigenvalue weighted by molar-refractivity contribution is -0.132. The SMILES string of the molecule is CCOc1ccc2c(c1)CN(C(=O)C1=CCCCO1)CC2. The molecule has 0 N–H and O–H groups in total. The van der Waals surface area contributed by atoms with Crippen LogP contribution in [-0.2, 0) is 22.5 Å². The van der Waals surface area contributed by atoms with Crippen molar-refractivity contribution in [3.05, 3.63) is 41.2 Å². The van der Waals surface area contributed by atoms with Crippen LogP contribution in [0.3, 0.4) is 0 Å². The summed E-state index contributed by atoms with van der Waals surface area (Å²) in [5.41, 5.74) is 2.48. The maximum Gasteiger partial charge on any atom is 0.288 e. The highest BCUT2D eigenvalue weighted by Gasteiger charge is 2.25. The van der Waals surface area contributed by atoms with Gasteiger partial charge in [0.1, 0.15) is 5.75 Å². The summed E-state index contributed by atoms with van der Waals surface area (Å²) in [6.45, 7) is 4.66. The number of nitrogens with zero attached hydrogens (tertiary/aromatic N) is 1. The van der Waals surface area contributed by atoms with Crippen molar-refractivity contribution in [2.45, 2.75) is 32.7 Å². The molecule has 2 heterocycles. The van der Waals surface area contributed by atoms with Crippen molar-refractivity contribution in [3.8, 4) is 5.75 Å². The number of carbonyl (C=O) groups is 1. The Labute approximate surface area is 125 Å². The summed E-state index contributed by atoms with van der Waals surface area (Å²) in [5.74, 6) is 1.41. The topological polar surface area (TPSA) is 38.8 Å². The van der Waals surface area contributed by atoms with Crippen molar-refractivity contribution in [1.29, 1.82) is 0 Å². The maximum atomic E-state index is 12.5. The van der Waals surface area contributed by atoms with Gasteiger partial charge in [-0.05, 0) is 55.5 Å². The molecular formula is C17H21NO3. The summed E-state index contributed by atoms with van der Waals surface area (Å²) >= 11 is 0. The number of benzene rings is 1. The molecular weight excluding hydrogens is 266 g/mol. The zero-order chi connectivity index (χ0) is 14.7. The van der Waals surface area contributed by atoms with E-state index in [1.54, 1.807) is 0 Å². The highest BCUT2D eigenvalue weighted by molar-refractivity contribution is 5.91. The summed E-state index contributed by atoms with van der Waals surface area (Å²) < 4.78 is 11.0. The Balaban J connectivity index is 1.75. The number of hydrogen-bond acceptors (Lipinski definition) is 3. The van der Waals surface area contributed by atoms with E-state index in [2.05, 4.69) is 6.07 Å². The first-order chi connectivity index (χ1) is 10.3. The van der Waals surface area contributed by atoms with Crippen LogP contribution >= 0.6 is 0 Å². The number of rotatable bonds is 3. The van der Waals surface area contributed by atoms with Crippen molar-refractivity contribution in [2.24, 2.45) is 0 Å². The number of allylic oxidation sites excluding steroid dienone is 1. The van der Waals surface area contributed by atoms with E-state index < -0.39 is 0 Å². The molecule has 0 aliphatic carbocycles. The van der Waals surface area contributed by atoms with Gasteiger partial charge >= 0.3 is 0 Å². The van der Waals surface area contributed by atoms with Crippen LogP contribution in [0.25, 0.3) is 0 Å². The minimum Gasteiger partial charge on any atom is -0.494 e. The lowest BCUT2D eigenvalue weighted by atomic mass is 9.99. The van der Waals surface area contributed by atoms with Gasteiger partial charge in [0.25, 0.3) is 5.91 Å². The molecule has 0 bridgehead atoms. The first-order valence-corrected chi connectivity index (χ1v) is 7.64. The van der Waals surface area contributed by atoms with Crippen LogP contribution in [0.5, 0.6) is 5.75 Å². The summed E-state index contributed by atoms with van der Waals surface area (Å²) in [4.78, 5) is 14.3. The van der Waals surface area contributed by atoms with Crippen LogP contribution in [-0.4, -0.2) is 30.6 Å². The molecule has 21 heavy (non-hydrogen) atoms. The fourth-order valence-corrected chi connectivity index (χ4v) is 2.83. The van der Waals surface area contributed by atoms with Gasteiger partial charge in [0.05, 0.1) is 13.2 Å². The smallest absolute Gasteiger partial charge is 0.288 e. The zero-order valence-corrected chi connectivity index (χ0v) is 12.4. The Kier molecular flexibility index (Phi) is 4.13. The van der Waals surface area contributed by atoms with Gasteiger partial charge in [0.15, 0.2) is 5.76 Å². The van der Waals surface area contributed by atoms with Gasteiger partial charge in [-0.1, -0.05) is 6.07 Å². The second-order valence-corrected chi connectivity index (χ2v) is 5.40. The standard InChI is InChI=1S/C17H21NO3/c1-2-20-15-7-6-13-8-9-18(12-14(13)11-15)17(19)16-5-3-4-10-21-16/h5-7,11H,2-4,8-10,12H2,1H3. The first-order valence-electron chi connectivity index (χ1n) is 7.64. The van der Waals surface area contributed by atoms with E-state index in [1.165, 1.54) is 11.1 Å². The molecule has 0 saturated heterocycles. The first kappa shape index (κ1) is 14.0. The Morgan fingerprint density at radius 1 is 1.38 bits per heavy atom. The van der Waals surface area contributed by atoms with E-state index >= 15 is 0 Å². The molecule has 0 saturated carbocycles. The highest BCUT2D eigenvalue weighted by atomic mass is 16.5. The van der Waals surface area contributed by atoms with Crippen LogP contribution in [0, 0.1) is 0 Å². The third-order valence-electron chi connectivity index (χ3n) is 3.93. The van der Waals surface area contributed by atoms with E-state index in [9.17, 15) is 4.79 Å². The number of ether oxygens (including phenoxy) is 2. The van der Waals surface area contributed by atoms with Gasteiger partial charge in [-0.15, -0.1) is 0 Å². The summed E-state index contributed by atoms with van der Waals surface area (Å²) in [7, 11) is 0. The summed E-state index contributed by atoms with van der Waals surface area (Å²) in [6, 6.07) is 6.17. The molecule has 4 nitrogen and oxygen atoms in total. The predicted octanol–water partition coefficient (Wildman–Crippen LogP) is 2.66. The van der Waals surface area contributed by atoms with Crippen LogP contribution in [0.2, 0.25) is 0 Å². The number of amides is 1. The normalized spacial score (nSPS) is 17.6. The summed E-state index contributed by atoms with van der Waals surface area (Å²) in [5, 5.41) is 0. The Morgan fingerprint density at radius 2 is 2.29 bits per heavy atom. The van der Waals surface area contributed by atoms with Gasteiger partial charge in [-0.25, -0.2) is 0 Å². The minimum absolute atomic E-state index is 0.0159. The molecule has 0 atom stereocenters. The van der Waals surface area contributed by atoms with Crippen molar-refractivity contribution in [1.82, 2.24) is 4.90 Å². The average molecular weight is 287 g/mol. The number of carbonyl (C=O) groups excluding carboxylic acids is 1. The fraction of sp³-hybridized carbons (Fsp3) is 0.471. The second kappa shape index (κ2) is 6.20. The van der Waals surface area contributed by atoms with Crippen molar-refractivity contribution >= 4 is 5.91 Å². The molecule has 0 spiro atoms. The lowest BCUT2D eigenvalue weighted by Crippen LogP contribution is -2.37. The lowest BCUT2D eigenvalue weighted by Gasteiger charge is -2.30.